The molecule has 0 bridgehead atoms. The van der Waals surface area contributed by atoms with Crippen LogP contribution in [0.4, 0.5) is 0 Å². The van der Waals surface area contributed by atoms with E-state index in [9.17, 15) is 0 Å². The summed E-state index contributed by atoms with van der Waals surface area (Å²) < 4.78 is 0. The molecular weight excluding hydrogens is 308 g/mol. The normalized spacial score (nSPS) is 7.52. The molecule has 0 radical (unpaired) electrons. The second-order valence-electron chi connectivity index (χ2n) is 3.24. The molecule has 0 saturated carbocycles. The summed E-state index contributed by atoms with van der Waals surface area (Å²) in [5.41, 5.74) is 10.0. The van der Waals surface area contributed by atoms with Gasteiger partial charge in [-0.1, -0.05) is 25.6 Å². The van der Waals surface area contributed by atoms with Crippen LogP contribution in [0.3, 0.4) is 0 Å². The lowest BCUT2D eigenvalue weighted by molar-refractivity contribution is 0.559. The highest BCUT2D eigenvalue weighted by molar-refractivity contribution is 7.80. The van der Waals surface area contributed by atoms with E-state index < -0.39 is 10.3 Å². The molecule has 21 heavy (non-hydrogen) atoms. The Morgan fingerprint density at radius 3 is 1.81 bits per heavy atom. The molecule has 0 atom stereocenters. The van der Waals surface area contributed by atoms with Gasteiger partial charge in [-0.25, -0.2) is 0 Å². The summed E-state index contributed by atoms with van der Waals surface area (Å²) in [7, 11) is 3.75. The van der Waals surface area contributed by atoms with Crippen LogP contribution < -0.4 is 16.8 Å². The van der Waals surface area contributed by atoms with Gasteiger partial charge in [0.15, 0.2) is 0 Å². The number of H-pyrrole nitrogens is 1. The summed E-state index contributed by atoms with van der Waals surface area (Å²) in [6.07, 6.45) is 1.95. The van der Waals surface area contributed by atoms with Crippen LogP contribution in [0.25, 0.3) is 10.9 Å². The van der Waals surface area contributed by atoms with Gasteiger partial charge in [-0.3, -0.25) is 0 Å². The molecule has 0 aliphatic carbocycles. The number of aromatic nitrogens is 1. The number of thiocarbonyl (C=S) groups is 2. The number of nitrogens with two attached hydrogens (primary N) is 2. The maximum atomic E-state index is 7.56. The highest BCUT2D eigenvalue weighted by atomic mass is 32.1. The van der Waals surface area contributed by atoms with Gasteiger partial charge < -0.3 is 32.0 Å². The van der Waals surface area contributed by atoms with Gasteiger partial charge in [0.25, 0.3) is 10.3 Å². The molecule has 0 aliphatic rings. The van der Waals surface area contributed by atoms with Crippen LogP contribution in [0.2, 0.25) is 0 Å². The van der Waals surface area contributed by atoms with Gasteiger partial charge in [0.1, 0.15) is 0 Å². The highest BCUT2D eigenvalue weighted by Crippen LogP contribution is 2.09. The molecule has 120 valence electrons. The lowest BCUT2D eigenvalue weighted by atomic mass is 10.3. The Morgan fingerprint density at radius 1 is 1.05 bits per heavy atom. The van der Waals surface area contributed by atoms with E-state index in [1.807, 2.05) is 32.4 Å². The van der Waals surface area contributed by atoms with Gasteiger partial charge in [0.2, 0.25) is 0 Å². The number of aliphatic hydroxyl groups excluding tert-OH is 2. The monoisotopic (exact) mass is 332 g/mol. The predicted octanol–water partition coefficient (Wildman–Crippen LogP) is 2.22. The summed E-state index contributed by atoms with van der Waals surface area (Å²) in [5.74, 6) is 0. The number of fused-ring (bicyclic) bond motifs is 1. The van der Waals surface area contributed by atoms with Crippen molar-refractivity contribution in [3.8, 4) is 0 Å². The van der Waals surface area contributed by atoms with E-state index in [1.165, 1.54) is 10.9 Å². The zero-order valence-corrected chi connectivity index (χ0v) is 13.0. The SMILES string of the molecule is C.CNC.NC(O)=S.NC(O)=S.c1ccc2[nH]ccc2c1. The molecule has 6 nitrogen and oxygen atoms in total. The average molecular weight is 332 g/mol. The Balaban J connectivity index is -0.000000234. The van der Waals surface area contributed by atoms with Crippen LogP contribution in [0.5, 0.6) is 0 Å². The van der Waals surface area contributed by atoms with Crippen LogP contribution in [0.15, 0.2) is 36.5 Å². The molecule has 1 aromatic heterocycles. The summed E-state index contributed by atoms with van der Waals surface area (Å²) in [6.45, 7) is 0. The van der Waals surface area contributed by atoms with Crippen molar-refractivity contribution in [2.45, 2.75) is 7.43 Å². The van der Waals surface area contributed by atoms with E-state index in [0.29, 0.717) is 0 Å². The average Bonchev–Trinajstić information content (AvgIpc) is 2.76. The van der Waals surface area contributed by atoms with Crippen LogP contribution in [0, 0.1) is 0 Å². The quantitative estimate of drug-likeness (QED) is 0.409. The Kier molecular flexibility index (Phi) is 18.6. The zero-order chi connectivity index (χ0) is 16.0. The van der Waals surface area contributed by atoms with E-state index in [1.54, 1.807) is 0 Å². The molecular formula is C13H24N4O2S2. The van der Waals surface area contributed by atoms with Crippen LogP contribution in [-0.2, 0) is 0 Å². The molecule has 0 saturated heterocycles. The minimum atomic E-state index is -0.500. The van der Waals surface area contributed by atoms with Gasteiger partial charge in [0, 0.05) is 11.7 Å². The molecule has 8 N–H and O–H groups in total. The lowest BCUT2D eigenvalue weighted by Crippen LogP contribution is -2.03. The third-order valence-corrected chi connectivity index (χ3v) is 1.46. The van der Waals surface area contributed by atoms with Crippen molar-refractivity contribution >= 4 is 45.7 Å². The molecule has 0 unspecified atom stereocenters. The molecule has 0 spiro atoms. The Hall–Kier alpha value is -1.90. The molecule has 8 heteroatoms. The maximum absolute atomic E-state index is 7.56. The smallest absolute Gasteiger partial charge is 0.251 e. The summed E-state index contributed by atoms with van der Waals surface area (Å²) in [4.78, 5) is 3.12. The van der Waals surface area contributed by atoms with Crippen molar-refractivity contribution in [2.75, 3.05) is 14.1 Å². The minimum absolute atomic E-state index is 0. The molecule has 2 aromatic rings. The van der Waals surface area contributed by atoms with Gasteiger partial charge in [-0.15, -0.1) is 0 Å². The third kappa shape index (κ3) is 20.6. The Labute approximate surface area is 136 Å². The summed E-state index contributed by atoms with van der Waals surface area (Å²) in [5, 5.41) is 18.2. The maximum Gasteiger partial charge on any atom is 0.251 e. The van der Waals surface area contributed by atoms with Crippen molar-refractivity contribution in [2.24, 2.45) is 11.5 Å². The number of nitrogens with one attached hydrogen (secondary N) is 2. The molecule has 0 amide bonds. The number of hydrogen-bond acceptors (Lipinski definition) is 3. The molecule has 2 rings (SSSR count). The highest BCUT2D eigenvalue weighted by Gasteiger charge is 1.86. The number of para-hydroxylation sites is 1. The van der Waals surface area contributed by atoms with Crippen molar-refractivity contribution in [3.63, 3.8) is 0 Å². The first-order valence-corrected chi connectivity index (χ1v) is 6.24. The van der Waals surface area contributed by atoms with Crippen LogP contribution in [0.1, 0.15) is 7.43 Å². The Bertz CT molecular complexity index is 453. The van der Waals surface area contributed by atoms with E-state index in [2.05, 4.69) is 64.4 Å². The second-order valence-corrected chi connectivity index (χ2v) is 4.08. The standard InChI is InChI=1S/C8H7N.C2H7N.2CH3NOS.CH4/c1-2-4-8-7(3-1)5-6-9-8;1-3-2;2*2-1(3)4;/h1-6,9H;3H,1-2H3;2*(H3,2,3,4);1H4. The van der Waals surface area contributed by atoms with E-state index in [-0.39, 0.29) is 7.43 Å². The van der Waals surface area contributed by atoms with Crippen molar-refractivity contribution in [1.29, 1.82) is 0 Å². The molecule has 0 aliphatic heterocycles. The van der Waals surface area contributed by atoms with Crippen LogP contribution in [-0.4, -0.2) is 39.6 Å². The first kappa shape index (κ1) is 24.1. The predicted molar refractivity (Wildman–Crippen MR) is 98.8 cm³/mol. The molecule has 1 aromatic carbocycles. The first-order valence-electron chi connectivity index (χ1n) is 5.42. The van der Waals surface area contributed by atoms with E-state index >= 15 is 0 Å². The number of aromatic amines is 1. The number of rotatable bonds is 0. The van der Waals surface area contributed by atoms with E-state index in [4.69, 9.17) is 10.2 Å². The topological polar surface area (TPSA) is 120 Å². The number of hydrogen-bond donors (Lipinski definition) is 6. The van der Waals surface area contributed by atoms with Crippen LogP contribution >= 0.6 is 24.4 Å². The fourth-order valence-corrected chi connectivity index (χ4v) is 0.995. The fourth-order valence-electron chi connectivity index (χ4n) is 0.995. The van der Waals surface area contributed by atoms with Crippen molar-refractivity contribution in [1.82, 2.24) is 10.3 Å². The fraction of sp³-hybridized carbons (Fsp3) is 0.231. The Morgan fingerprint density at radius 2 is 1.43 bits per heavy atom. The lowest BCUT2D eigenvalue weighted by Gasteiger charge is -1.83. The van der Waals surface area contributed by atoms with Crippen molar-refractivity contribution < 1.29 is 10.2 Å². The summed E-state index contributed by atoms with van der Waals surface area (Å²) in [6, 6.07) is 10.3. The molecule has 0 fully saturated rings. The van der Waals surface area contributed by atoms with Gasteiger partial charge in [-0.05, 0) is 56.1 Å². The zero-order valence-electron chi connectivity index (χ0n) is 11.3. The first-order chi connectivity index (χ1) is 9.34. The van der Waals surface area contributed by atoms with Gasteiger partial charge in [0.05, 0.1) is 0 Å². The van der Waals surface area contributed by atoms with Crippen molar-refractivity contribution in [3.05, 3.63) is 36.5 Å². The minimum Gasteiger partial charge on any atom is -0.487 e. The largest absolute Gasteiger partial charge is 0.487 e. The summed E-state index contributed by atoms with van der Waals surface area (Å²) >= 11 is 7.74. The van der Waals surface area contributed by atoms with E-state index in [0.717, 1.165) is 0 Å². The van der Waals surface area contributed by atoms with Gasteiger partial charge >= 0.3 is 0 Å². The molecule has 1 heterocycles. The number of benzene rings is 1. The number of aliphatic hydroxyl groups is 2. The third-order valence-electron chi connectivity index (χ3n) is 1.46. The second kappa shape index (κ2) is 16.2. The van der Waals surface area contributed by atoms with Gasteiger partial charge in [-0.2, -0.15) is 0 Å².